The lowest BCUT2D eigenvalue weighted by atomic mass is 10.2. The van der Waals surface area contributed by atoms with Gasteiger partial charge in [0.15, 0.2) is 17.6 Å². The minimum Gasteiger partial charge on any atom is -0.486 e. The molecule has 28 heavy (non-hydrogen) atoms. The first-order valence-electron chi connectivity index (χ1n) is 8.98. The summed E-state index contributed by atoms with van der Waals surface area (Å²) in [6, 6.07) is 12.7. The van der Waals surface area contributed by atoms with Crippen molar-refractivity contribution in [2.45, 2.75) is 13.0 Å². The lowest BCUT2D eigenvalue weighted by Crippen LogP contribution is -2.30. The van der Waals surface area contributed by atoms with Gasteiger partial charge in [0.05, 0.1) is 5.56 Å². The van der Waals surface area contributed by atoms with E-state index >= 15 is 0 Å². The van der Waals surface area contributed by atoms with E-state index in [1.54, 1.807) is 24.4 Å². The molecule has 1 aliphatic heterocycles. The summed E-state index contributed by atoms with van der Waals surface area (Å²) < 4.78 is 18.2. The number of hydrogen-bond acceptors (Lipinski definition) is 5. The Labute approximate surface area is 161 Å². The van der Waals surface area contributed by atoms with Gasteiger partial charge in [-0.15, -0.1) is 0 Å². The molecule has 144 valence electrons. The highest BCUT2D eigenvalue weighted by Crippen LogP contribution is 2.32. The molecule has 2 aromatic carbocycles. The monoisotopic (exact) mass is 380 g/mol. The smallest absolute Gasteiger partial charge is 0.341 e. The normalized spacial score (nSPS) is 13.8. The number of para-hydroxylation sites is 1. The van der Waals surface area contributed by atoms with Crippen molar-refractivity contribution in [3.63, 3.8) is 0 Å². The number of nitrogens with one attached hydrogen (secondary N) is 1. The molecular weight excluding hydrogens is 360 g/mol. The SMILES string of the molecule is C[C@@H](OC(=O)c1cn(C)c2ccccc12)C(=O)Nc1ccc2c(c1)OCCO2. The van der Waals surface area contributed by atoms with Crippen LogP contribution in [0, 0.1) is 0 Å². The first-order chi connectivity index (χ1) is 13.5. The van der Waals surface area contributed by atoms with Gasteiger partial charge in [0, 0.05) is 35.9 Å². The first kappa shape index (κ1) is 17.9. The second-order valence-corrected chi connectivity index (χ2v) is 6.57. The number of esters is 1. The number of nitrogens with zero attached hydrogens (tertiary/aromatic N) is 1. The minimum absolute atomic E-state index is 0.426. The van der Waals surface area contributed by atoms with Gasteiger partial charge >= 0.3 is 5.97 Å². The highest BCUT2D eigenvalue weighted by molar-refractivity contribution is 6.05. The van der Waals surface area contributed by atoms with Gasteiger partial charge in [0.2, 0.25) is 0 Å². The fourth-order valence-electron chi connectivity index (χ4n) is 3.15. The number of aromatic nitrogens is 1. The lowest BCUT2D eigenvalue weighted by Gasteiger charge is -2.19. The van der Waals surface area contributed by atoms with E-state index in [2.05, 4.69) is 5.32 Å². The number of hydrogen-bond donors (Lipinski definition) is 1. The number of carbonyl (C=O) groups is 2. The zero-order valence-corrected chi connectivity index (χ0v) is 15.6. The van der Waals surface area contributed by atoms with Crippen molar-refractivity contribution in [2.75, 3.05) is 18.5 Å². The predicted molar refractivity (Wildman–Crippen MR) is 104 cm³/mol. The van der Waals surface area contributed by atoms with E-state index in [0.29, 0.717) is 36.0 Å². The summed E-state index contributed by atoms with van der Waals surface area (Å²) >= 11 is 0. The second kappa shape index (κ2) is 7.26. The molecule has 0 spiro atoms. The standard InChI is InChI=1S/C21H20N2O5/c1-13(20(24)22-14-7-8-18-19(11-14)27-10-9-26-18)28-21(25)16-12-23(2)17-6-4-3-5-15(16)17/h3-8,11-13H,9-10H2,1-2H3,(H,22,24)/t13-/m1/s1. The molecule has 0 saturated heterocycles. The van der Waals surface area contributed by atoms with Crippen LogP contribution >= 0.6 is 0 Å². The highest BCUT2D eigenvalue weighted by Gasteiger charge is 2.22. The molecule has 1 aromatic heterocycles. The number of aryl methyl sites for hydroxylation is 1. The minimum atomic E-state index is -0.959. The van der Waals surface area contributed by atoms with Crippen LogP contribution in [-0.2, 0) is 16.6 Å². The Morgan fingerprint density at radius 3 is 2.68 bits per heavy atom. The van der Waals surface area contributed by atoms with E-state index in [0.717, 1.165) is 10.9 Å². The van der Waals surface area contributed by atoms with E-state index in [1.165, 1.54) is 6.92 Å². The third kappa shape index (κ3) is 3.38. The molecule has 0 fully saturated rings. The van der Waals surface area contributed by atoms with Crippen molar-refractivity contribution in [3.05, 3.63) is 54.2 Å². The van der Waals surface area contributed by atoms with E-state index in [4.69, 9.17) is 14.2 Å². The molecule has 1 aliphatic rings. The molecule has 1 atom stereocenters. The number of benzene rings is 2. The Bertz CT molecular complexity index is 1060. The molecule has 3 aromatic rings. The van der Waals surface area contributed by atoms with Gasteiger partial charge in [0.1, 0.15) is 13.2 Å². The molecule has 0 unspecified atom stereocenters. The average Bonchev–Trinajstić information content (AvgIpc) is 3.05. The quantitative estimate of drug-likeness (QED) is 0.704. The summed E-state index contributed by atoms with van der Waals surface area (Å²) in [4.78, 5) is 25.0. The summed E-state index contributed by atoms with van der Waals surface area (Å²) in [5.41, 5.74) is 1.89. The van der Waals surface area contributed by atoms with Gasteiger partial charge in [-0.1, -0.05) is 18.2 Å². The molecule has 0 bridgehead atoms. The Morgan fingerprint density at radius 1 is 1.11 bits per heavy atom. The summed E-state index contributed by atoms with van der Waals surface area (Å²) in [5.74, 6) is 0.246. The summed E-state index contributed by atoms with van der Waals surface area (Å²) in [6.07, 6.45) is 0.748. The van der Waals surface area contributed by atoms with Gasteiger partial charge in [-0.25, -0.2) is 4.79 Å². The number of ether oxygens (including phenoxy) is 3. The lowest BCUT2D eigenvalue weighted by molar-refractivity contribution is -0.123. The Hall–Kier alpha value is -3.48. The molecule has 4 rings (SSSR count). The van der Waals surface area contributed by atoms with Gasteiger partial charge in [0.25, 0.3) is 5.91 Å². The molecule has 1 N–H and O–H groups in total. The van der Waals surface area contributed by atoms with Crippen LogP contribution < -0.4 is 14.8 Å². The summed E-state index contributed by atoms with van der Waals surface area (Å²) in [7, 11) is 1.86. The molecule has 0 radical (unpaired) electrons. The van der Waals surface area contributed by atoms with Crippen LogP contribution in [-0.4, -0.2) is 35.8 Å². The van der Waals surface area contributed by atoms with Crippen molar-refractivity contribution < 1.29 is 23.8 Å². The van der Waals surface area contributed by atoms with Crippen molar-refractivity contribution in [2.24, 2.45) is 7.05 Å². The van der Waals surface area contributed by atoms with Crippen molar-refractivity contribution in [1.82, 2.24) is 4.57 Å². The van der Waals surface area contributed by atoms with E-state index in [-0.39, 0.29) is 0 Å². The fourth-order valence-corrected chi connectivity index (χ4v) is 3.15. The fraction of sp³-hybridized carbons (Fsp3) is 0.238. The van der Waals surface area contributed by atoms with E-state index < -0.39 is 18.0 Å². The summed E-state index contributed by atoms with van der Waals surface area (Å²) in [5, 5.41) is 3.52. The molecular formula is C21H20N2O5. The third-order valence-corrected chi connectivity index (χ3v) is 4.58. The zero-order valence-electron chi connectivity index (χ0n) is 15.6. The molecule has 1 amide bonds. The number of amides is 1. The number of fused-ring (bicyclic) bond motifs is 2. The number of rotatable bonds is 4. The van der Waals surface area contributed by atoms with Gasteiger partial charge < -0.3 is 24.1 Å². The molecule has 7 heteroatoms. The van der Waals surface area contributed by atoms with E-state index in [9.17, 15) is 9.59 Å². The average molecular weight is 380 g/mol. The maximum Gasteiger partial charge on any atom is 0.341 e. The van der Waals surface area contributed by atoms with Crippen molar-refractivity contribution >= 4 is 28.5 Å². The first-order valence-corrected chi connectivity index (χ1v) is 8.98. The highest BCUT2D eigenvalue weighted by atomic mass is 16.6. The molecule has 0 saturated carbocycles. The zero-order chi connectivity index (χ0) is 19.7. The van der Waals surface area contributed by atoms with Gasteiger partial charge in [-0.3, -0.25) is 4.79 Å². The van der Waals surface area contributed by atoms with Gasteiger partial charge in [-0.2, -0.15) is 0 Å². The van der Waals surface area contributed by atoms with E-state index in [1.807, 2.05) is 35.9 Å². The second-order valence-electron chi connectivity index (χ2n) is 6.57. The Balaban J connectivity index is 1.45. The van der Waals surface area contributed by atoms with Gasteiger partial charge in [-0.05, 0) is 25.1 Å². The topological polar surface area (TPSA) is 78.8 Å². The molecule has 7 nitrogen and oxygen atoms in total. The van der Waals surface area contributed by atoms with Crippen LogP contribution in [0.1, 0.15) is 17.3 Å². The van der Waals surface area contributed by atoms with Crippen LogP contribution in [0.2, 0.25) is 0 Å². The van der Waals surface area contributed by atoms with Crippen LogP contribution in [0.15, 0.2) is 48.7 Å². The number of carbonyl (C=O) groups excluding carboxylic acids is 2. The van der Waals surface area contributed by atoms with Crippen molar-refractivity contribution in [3.8, 4) is 11.5 Å². The summed E-state index contributed by atoms with van der Waals surface area (Å²) in [6.45, 7) is 2.50. The van der Waals surface area contributed by atoms with Crippen LogP contribution in [0.5, 0.6) is 11.5 Å². The van der Waals surface area contributed by atoms with Crippen LogP contribution in [0.25, 0.3) is 10.9 Å². The largest absolute Gasteiger partial charge is 0.486 e. The predicted octanol–water partition coefficient (Wildman–Crippen LogP) is 3.13. The Kier molecular flexibility index (Phi) is 4.65. The maximum absolute atomic E-state index is 12.6. The van der Waals surface area contributed by atoms with Crippen LogP contribution in [0.4, 0.5) is 5.69 Å². The van der Waals surface area contributed by atoms with Crippen LogP contribution in [0.3, 0.4) is 0 Å². The number of anilines is 1. The molecule has 0 aliphatic carbocycles. The van der Waals surface area contributed by atoms with Crippen molar-refractivity contribution in [1.29, 1.82) is 0 Å². The Morgan fingerprint density at radius 2 is 1.86 bits per heavy atom. The molecule has 2 heterocycles. The third-order valence-electron chi connectivity index (χ3n) is 4.58. The maximum atomic E-state index is 12.6.